The minimum Gasteiger partial charge on any atom is -0.394 e. The number of nitrogens with zero attached hydrogens (tertiary/aromatic N) is 6. The van der Waals surface area contributed by atoms with Crippen LogP contribution in [-0.2, 0) is 63.8 Å². The van der Waals surface area contributed by atoms with Crippen LogP contribution in [0, 0.1) is 30.6 Å². The zero-order valence-electron chi connectivity index (χ0n) is 58.7. The van der Waals surface area contributed by atoms with E-state index in [4.69, 9.17) is 14.5 Å². The lowest BCUT2D eigenvalue weighted by Gasteiger charge is -2.40. The molecular formula is C69H108N10O14S3. The van der Waals surface area contributed by atoms with E-state index in [1.807, 2.05) is 96.6 Å². The van der Waals surface area contributed by atoms with Crippen molar-refractivity contribution in [3.8, 4) is 0 Å². The summed E-state index contributed by atoms with van der Waals surface area (Å²) in [5, 5.41) is 22.4. The molecule has 536 valence electrons. The molecule has 3 saturated heterocycles. The fourth-order valence-corrected chi connectivity index (χ4v) is 15.3. The smallest absolute Gasteiger partial charge is 0.270 e. The van der Waals surface area contributed by atoms with Gasteiger partial charge in [-0.25, -0.2) is 4.98 Å². The highest BCUT2D eigenvalue weighted by Gasteiger charge is 2.44. The lowest BCUT2D eigenvalue weighted by atomic mass is 9.81. The molecule has 9 atom stereocenters. The van der Waals surface area contributed by atoms with Gasteiger partial charge in [-0.3, -0.25) is 67.4 Å². The quantitative estimate of drug-likeness (QED) is 0.0373. The Morgan fingerprint density at radius 2 is 1.43 bits per heavy atom. The van der Waals surface area contributed by atoms with Crippen molar-refractivity contribution in [1.29, 1.82) is 0 Å². The van der Waals surface area contributed by atoms with Crippen LogP contribution in [-0.4, -0.2) is 225 Å². The van der Waals surface area contributed by atoms with Crippen molar-refractivity contribution in [3.05, 3.63) is 51.5 Å². The number of aryl methyl sites for hydroxylation is 1. The first-order chi connectivity index (χ1) is 45.6. The number of unbranched alkanes of at least 4 members (excludes halogenated alkanes) is 1. The van der Waals surface area contributed by atoms with Crippen LogP contribution in [0.25, 0.3) is 0 Å². The number of likely N-dealkylation sites (N-methyl/N-ethyl adjacent to an activating group) is 1. The van der Waals surface area contributed by atoms with E-state index in [9.17, 15) is 57.8 Å². The summed E-state index contributed by atoms with van der Waals surface area (Å²) in [6.45, 7) is 20.8. The molecule has 0 radical (unpaired) electrons. The molecule has 96 heavy (non-hydrogen) atoms. The first-order valence-electron chi connectivity index (χ1n) is 34.3. The highest BCUT2D eigenvalue weighted by molar-refractivity contribution is 8.17. The van der Waals surface area contributed by atoms with Gasteiger partial charge in [-0.1, -0.05) is 84.7 Å². The van der Waals surface area contributed by atoms with E-state index in [0.29, 0.717) is 55.3 Å². The highest BCUT2D eigenvalue weighted by atomic mass is 32.2. The normalized spacial score (nSPS) is 18.6. The lowest BCUT2D eigenvalue weighted by molar-refractivity contribution is -0.145. The van der Waals surface area contributed by atoms with Gasteiger partial charge in [0.15, 0.2) is 5.78 Å². The summed E-state index contributed by atoms with van der Waals surface area (Å²) in [4.78, 5) is 163. The third kappa shape index (κ3) is 24.3. The average molecular weight is 1400 g/mol. The number of hydrogen-bond donors (Lipinski definition) is 5. The monoisotopic (exact) mass is 1400 g/mol. The van der Waals surface area contributed by atoms with Gasteiger partial charge in [0.05, 0.1) is 35.9 Å². The van der Waals surface area contributed by atoms with Crippen LogP contribution in [0.2, 0.25) is 0 Å². The van der Waals surface area contributed by atoms with Crippen molar-refractivity contribution in [3.63, 3.8) is 0 Å². The first-order valence-corrected chi connectivity index (χ1v) is 37.3. The van der Waals surface area contributed by atoms with Gasteiger partial charge in [0.2, 0.25) is 53.2 Å². The van der Waals surface area contributed by atoms with Crippen molar-refractivity contribution in [2.45, 2.75) is 199 Å². The van der Waals surface area contributed by atoms with Crippen molar-refractivity contribution >= 4 is 99.7 Å². The second kappa shape index (κ2) is 40.3. The number of aromatic nitrogens is 1. The number of nitrogens with one attached hydrogen (secondary N) is 4. The molecule has 10 amide bonds. The van der Waals surface area contributed by atoms with Crippen molar-refractivity contribution in [1.82, 2.24) is 50.8 Å². The average Bonchev–Trinajstić information content (AvgIpc) is 1.37. The molecule has 3 fully saturated rings. The second-order valence-corrected chi connectivity index (χ2v) is 30.2. The molecule has 1 aromatic heterocycles. The molecule has 5 N–H and O–H groups in total. The van der Waals surface area contributed by atoms with Crippen molar-refractivity contribution in [2.75, 3.05) is 91.4 Å². The van der Waals surface area contributed by atoms with Gasteiger partial charge in [0.1, 0.15) is 22.8 Å². The molecule has 3 aliphatic heterocycles. The van der Waals surface area contributed by atoms with E-state index < -0.39 is 75.6 Å². The van der Waals surface area contributed by atoms with E-state index in [1.54, 1.807) is 12.3 Å². The maximum atomic E-state index is 14.9. The van der Waals surface area contributed by atoms with E-state index in [0.717, 1.165) is 33.8 Å². The summed E-state index contributed by atoms with van der Waals surface area (Å²) < 4.78 is 11.9. The number of imide groups is 2. The Labute approximate surface area is 580 Å². The van der Waals surface area contributed by atoms with Crippen LogP contribution in [0.3, 0.4) is 0 Å². The van der Waals surface area contributed by atoms with Crippen LogP contribution in [0.15, 0.2) is 29.6 Å². The van der Waals surface area contributed by atoms with Gasteiger partial charge >= 0.3 is 0 Å². The molecule has 5 rings (SSSR count). The number of Topliss-reactive ketones (excluding diaryl/α,β-unsaturated/α-hetero) is 1. The van der Waals surface area contributed by atoms with Crippen LogP contribution < -0.4 is 21.3 Å². The molecule has 5 unspecified atom stereocenters. The molecule has 24 nitrogen and oxygen atoms in total. The molecule has 4 heterocycles. The Hall–Kier alpha value is -5.84. The number of benzene rings is 1. The van der Waals surface area contributed by atoms with Crippen LogP contribution >= 0.6 is 34.9 Å². The zero-order chi connectivity index (χ0) is 70.8. The largest absolute Gasteiger partial charge is 0.394 e. The number of fused-ring (bicyclic) bond motifs is 4. The number of ketones is 1. The van der Waals surface area contributed by atoms with Crippen molar-refractivity contribution in [2.24, 2.45) is 23.7 Å². The van der Waals surface area contributed by atoms with Gasteiger partial charge in [-0.05, 0) is 97.2 Å². The number of ether oxygens (including phenoxy) is 2. The standard InChI is InChI=1S/C69H108N10O14S3/c1-13-27-77(66(89)50(46(7)15-3)38-57(81)69(9,10)75(11)12)53(44(4)5)39-54(93-33-14-2)65-74-52(42-94-65)64(88)72-49(37-48-21-19-45(6)20-22-48)36-47(8)62(86)73-51(63(87)71-26-34-92-35-32-80)18-16-17-25-70-58(82)23-24-59(83)76-28-30-78-60(84)40-55(67(78)90)95-43-96-56-41-61(85)79(31-29-76)68(56)91/h19-22,42,44,46-47,49-51,53-56,80H,13-18,23-41,43H2,1-12H3,(H,70,82)(H,71,87)(H,72,88)(H,73,86)/t46?,47?,49-,50+,51?,53-,54-,55?,56?/m1/s1. The highest BCUT2D eigenvalue weighted by Crippen LogP contribution is 2.36. The number of carbonyl (C=O) groups excluding carboxylic acids is 11. The minimum atomic E-state index is -0.999. The molecule has 2 aromatic rings. The summed E-state index contributed by atoms with van der Waals surface area (Å²) in [6, 6.07) is 6.06. The predicted molar refractivity (Wildman–Crippen MR) is 372 cm³/mol. The molecular weight excluding hydrogens is 1290 g/mol. The lowest BCUT2D eigenvalue weighted by Crippen LogP contribution is -2.51. The van der Waals surface area contributed by atoms with Crippen LogP contribution in [0.1, 0.15) is 179 Å². The van der Waals surface area contributed by atoms with Crippen LogP contribution in [0.4, 0.5) is 0 Å². The molecule has 0 saturated carbocycles. The number of rotatable bonds is 39. The maximum Gasteiger partial charge on any atom is 0.270 e. The van der Waals surface area contributed by atoms with E-state index in [-0.39, 0.29) is 163 Å². The fourth-order valence-electron chi connectivity index (χ4n) is 11.8. The summed E-state index contributed by atoms with van der Waals surface area (Å²) in [7, 11) is 3.75. The molecule has 0 spiro atoms. The molecule has 0 aliphatic carbocycles. The summed E-state index contributed by atoms with van der Waals surface area (Å²) in [6.07, 6.45) is 3.28. The molecule has 3 aliphatic rings. The zero-order valence-corrected chi connectivity index (χ0v) is 61.2. The fraction of sp³-hybridized carbons (Fsp3) is 0.710. The van der Waals surface area contributed by atoms with Gasteiger partial charge in [-0.15, -0.1) is 34.9 Å². The molecule has 1 aromatic carbocycles. The Bertz CT molecular complexity index is 2880. The summed E-state index contributed by atoms with van der Waals surface area (Å²) in [5.41, 5.74) is 1.40. The first kappa shape index (κ1) is 80.8. The molecule has 27 heteroatoms. The number of carbonyl (C=O) groups is 11. The van der Waals surface area contributed by atoms with Gasteiger partial charge in [0.25, 0.3) is 5.91 Å². The van der Waals surface area contributed by atoms with E-state index in [1.165, 1.54) is 39.8 Å². The minimum absolute atomic E-state index is 0.00611. The van der Waals surface area contributed by atoms with E-state index in [2.05, 4.69) is 35.1 Å². The summed E-state index contributed by atoms with van der Waals surface area (Å²) in [5.74, 6) is -4.91. The van der Waals surface area contributed by atoms with Crippen molar-refractivity contribution < 1.29 is 67.3 Å². The third-order valence-electron chi connectivity index (χ3n) is 18.5. The second-order valence-electron chi connectivity index (χ2n) is 26.6. The number of amides is 10. The van der Waals surface area contributed by atoms with E-state index >= 15 is 0 Å². The number of thiazole rings is 1. The Balaban J connectivity index is 1.24. The SMILES string of the molecule is CCCO[C@H](C[C@H](C(C)C)N(CCC)C(=O)[C@@H](CC(=O)C(C)(C)N(C)C)C(C)CC)c1nc(C(=O)N[C@@H](Cc2ccc(C)cc2)CC(C)C(=O)NC(CCCCNC(=O)CCC(=O)N2CCN3C(=O)CC(SCSC4CC(=O)N(CC2)C4=O)C3=O)C(=O)NCCOCCO)cs1. The van der Waals surface area contributed by atoms with Gasteiger partial charge < -0.3 is 45.6 Å². The van der Waals surface area contributed by atoms with Gasteiger partial charge in [0, 0.05) is 125 Å². The topological polar surface area (TPSA) is 304 Å². The molecule has 4 bridgehead atoms. The number of hydrogen-bond acceptors (Lipinski definition) is 19. The Morgan fingerprint density at radius 3 is 2.01 bits per heavy atom. The third-order valence-corrected chi connectivity index (χ3v) is 22.1. The Morgan fingerprint density at radius 1 is 0.781 bits per heavy atom. The summed E-state index contributed by atoms with van der Waals surface area (Å²) >= 11 is 3.84. The predicted octanol–water partition coefficient (Wildman–Crippen LogP) is 6.10. The number of aliphatic hydroxyl groups excluding tert-OH is 1. The Kier molecular flexibility index (Phi) is 33.9. The van der Waals surface area contributed by atoms with Gasteiger partial charge in [-0.2, -0.15) is 0 Å². The maximum absolute atomic E-state index is 14.9. The number of thioether (sulfide) groups is 2. The number of aliphatic hydroxyl groups is 1. The van der Waals surface area contributed by atoms with Crippen LogP contribution in [0.5, 0.6) is 0 Å².